The van der Waals surface area contributed by atoms with Gasteiger partial charge in [-0.2, -0.15) is 18.9 Å². The summed E-state index contributed by atoms with van der Waals surface area (Å²) in [5.41, 5.74) is 2.37. The molecule has 1 fully saturated rings. The van der Waals surface area contributed by atoms with Crippen LogP contribution in [0.25, 0.3) is 5.78 Å². The van der Waals surface area contributed by atoms with Crippen molar-refractivity contribution in [1.29, 1.82) is 0 Å². The number of benzene rings is 1. The molecule has 0 aliphatic carbocycles. The molecule has 2 aliphatic heterocycles. The number of allylic oxidation sites excluding steroid dienone is 1. The molecule has 1 saturated heterocycles. The molecule has 1 unspecified atom stereocenters. The predicted molar refractivity (Wildman–Crippen MR) is 103 cm³/mol. The first-order valence-electron chi connectivity index (χ1n) is 9.98. The van der Waals surface area contributed by atoms with E-state index < -0.39 is 13.0 Å². The Balaban J connectivity index is 1.45. The van der Waals surface area contributed by atoms with E-state index in [4.69, 9.17) is 0 Å². The van der Waals surface area contributed by atoms with Crippen LogP contribution in [0.4, 0.5) is 17.6 Å². The van der Waals surface area contributed by atoms with Gasteiger partial charge in [0.1, 0.15) is 17.8 Å². The third kappa shape index (κ3) is 3.70. The Morgan fingerprint density at radius 2 is 2.03 bits per heavy atom. The highest BCUT2D eigenvalue weighted by Gasteiger charge is 2.39. The van der Waals surface area contributed by atoms with E-state index in [2.05, 4.69) is 30.8 Å². The molecule has 2 aromatic heterocycles. The summed E-state index contributed by atoms with van der Waals surface area (Å²) < 4.78 is 58.0. The van der Waals surface area contributed by atoms with Crippen LogP contribution in [0.2, 0.25) is 0 Å². The average molecular weight is 433 g/mol. The van der Waals surface area contributed by atoms with Gasteiger partial charge in [-0.15, -0.1) is 0 Å². The highest BCUT2D eigenvalue weighted by atomic mass is 19.3. The molecule has 4 heterocycles. The van der Waals surface area contributed by atoms with Gasteiger partial charge in [0.25, 0.3) is 12.2 Å². The molecular formula is C21H19F4N5O. The molecule has 1 aromatic carbocycles. The van der Waals surface area contributed by atoms with Crippen molar-refractivity contribution in [2.75, 3.05) is 0 Å². The molecule has 6 nitrogen and oxygen atoms in total. The van der Waals surface area contributed by atoms with Crippen LogP contribution in [0.1, 0.15) is 48.6 Å². The Labute approximate surface area is 175 Å². The molecule has 3 aromatic rings. The predicted octanol–water partition coefficient (Wildman–Crippen LogP) is 4.70. The lowest BCUT2D eigenvalue weighted by Gasteiger charge is -2.40. The quantitative estimate of drug-likeness (QED) is 0.528. The first-order chi connectivity index (χ1) is 15.0. The summed E-state index contributed by atoms with van der Waals surface area (Å²) in [6.45, 7) is -2.37. The summed E-state index contributed by atoms with van der Waals surface area (Å²) in [6.07, 6.45) is 3.14. The maximum Gasteiger partial charge on any atom is 0.387 e. The summed E-state index contributed by atoms with van der Waals surface area (Å²) in [5, 5.41) is 4.20. The van der Waals surface area contributed by atoms with E-state index in [1.54, 1.807) is 12.1 Å². The molecule has 0 saturated carbocycles. The number of hydrogen-bond donors (Lipinski definition) is 0. The second-order valence-corrected chi connectivity index (χ2v) is 7.68. The van der Waals surface area contributed by atoms with Gasteiger partial charge in [-0.3, -0.25) is 0 Å². The van der Waals surface area contributed by atoms with E-state index >= 15 is 0 Å². The summed E-state index contributed by atoms with van der Waals surface area (Å²) in [4.78, 5) is 10.1. The molecule has 0 amide bonds. The van der Waals surface area contributed by atoms with Gasteiger partial charge in [-0.1, -0.05) is 18.2 Å². The third-order valence-corrected chi connectivity index (χ3v) is 5.92. The number of ether oxygens (including phenoxy) is 1. The van der Waals surface area contributed by atoms with Gasteiger partial charge in [0.05, 0.1) is 5.69 Å². The third-order valence-electron chi connectivity index (χ3n) is 5.92. The van der Waals surface area contributed by atoms with Gasteiger partial charge in [-0.05, 0) is 43.0 Å². The SMILES string of the molecule is FC(F)Oc1cccc(CN2C3=CCC2[C@@H](c2cc(C(F)F)nc4ncnn24)CC3)c1. The summed E-state index contributed by atoms with van der Waals surface area (Å²) in [7, 11) is 0. The lowest BCUT2D eigenvalue weighted by Crippen LogP contribution is -2.39. The Kier molecular flexibility index (Phi) is 4.99. The van der Waals surface area contributed by atoms with Gasteiger partial charge in [-0.25, -0.2) is 18.3 Å². The van der Waals surface area contributed by atoms with Crippen LogP contribution < -0.4 is 4.74 Å². The van der Waals surface area contributed by atoms with Gasteiger partial charge in [0.15, 0.2) is 0 Å². The largest absolute Gasteiger partial charge is 0.435 e. The molecule has 2 bridgehead atoms. The smallest absolute Gasteiger partial charge is 0.387 e. The van der Waals surface area contributed by atoms with E-state index in [0.717, 1.165) is 24.8 Å². The fourth-order valence-corrected chi connectivity index (χ4v) is 4.65. The standard InChI is InChI=1S/C21H19F4N5O/c22-19(23)16-9-18(30-21(28-16)26-11-27-30)15-6-4-13-5-7-17(15)29(13)10-12-2-1-3-14(8-12)31-20(24)25/h1-3,5,8-9,11,15,17,19-20H,4,6-7,10H2/t15-,17?/m0/s1. The highest BCUT2D eigenvalue weighted by Crippen LogP contribution is 2.44. The Morgan fingerprint density at radius 3 is 2.84 bits per heavy atom. The zero-order valence-electron chi connectivity index (χ0n) is 16.3. The summed E-state index contributed by atoms with van der Waals surface area (Å²) in [6, 6.07) is 8.11. The normalized spacial score (nSPS) is 20.7. The number of fused-ring (bicyclic) bond motifs is 3. The van der Waals surface area contributed by atoms with Crippen LogP contribution >= 0.6 is 0 Å². The number of aromatic nitrogens is 4. The van der Waals surface area contributed by atoms with Crippen molar-refractivity contribution >= 4 is 5.78 Å². The number of rotatable bonds is 6. The number of halogens is 4. The maximum atomic E-state index is 13.4. The number of alkyl halides is 4. The minimum atomic E-state index is -2.88. The van der Waals surface area contributed by atoms with E-state index in [1.165, 1.54) is 28.7 Å². The highest BCUT2D eigenvalue weighted by molar-refractivity contribution is 5.35. The van der Waals surface area contributed by atoms with E-state index in [1.807, 2.05) is 6.07 Å². The first-order valence-corrected chi connectivity index (χ1v) is 9.98. The molecule has 10 heteroatoms. The number of piperidine rings is 1. The minimum Gasteiger partial charge on any atom is -0.435 e. The molecule has 0 radical (unpaired) electrons. The molecule has 2 atom stereocenters. The molecule has 2 aliphatic rings. The fraction of sp³-hybridized carbons (Fsp3) is 0.381. The lowest BCUT2D eigenvalue weighted by molar-refractivity contribution is -0.0499. The second kappa shape index (κ2) is 7.82. The minimum absolute atomic E-state index is 0.0451. The van der Waals surface area contributed by atoms with Crippen LogP contribution in [-0.2, 0) is 6.54 Å². The van der Waals surface area contributed by atoms with Gasteiger partial charge in [0, 0.05) is 24.2 Å². The van der Waals surface area contributed by atoms with Crippen molar-refractivity contribution in [3.8, 4) is 5.75 Å². The van der Waals surface area contributed by atoms with Gasteiger partial charge in [0.2, 0.25) is 0 Å². The topological polar surface area (TPSA) is 55.5 Å². The van der Waals surface area contributed by atoms with Crippen molar-refractivity contribution in [2.45, 2.75) is 50.8 Å². The Morgan fingerprint density at radius 1 is 1.16 bits per heavy atom. The Bertz CT molecular complexity index is 1130. The molecule has 162 valence electrons. The van der Waals surface area contributed by atoms with Crippen LogP contribution in [0.15, 0.2) is 48.4 Å². The van der Waals surface area contributed by atoms with Crippen molar-refractivity contribution in [1.82, 2.24) is 24.5 Å². The number of hydrogen-bond acceptors (Lipinski definition) is 5. The van der Waals surface area contributed by atoms with E-state index in [-0.39, 0.29) is 29.2 Å². The van der Waals surface area contributed by atoms with Crippen molar-refractivity contribution in [3.05, 3.63) is 65.4 Å². The molecule has 5 rings (SSSR count). The van der Waals surface area contributed by atoms with Crippen molar-refractivity contribution in [2.24, 2.45) is 0 Å². The van der Waals surface area contributed by atoms with Crippen LogP contribution in [0.5, 0.6) is 5.75 Å². The maximum absolute atomic E-state index is 13.4. The fourth-order valence-electron chi connectivity index (χ4n) is 4.65. The van der Waals surface area contributed by atoms with Crippen molar-refractivity contribution < 1.29 is 22.3 Å². The zero-order valence-corrected chi connectivity index (χ0v) is 16.3. The zero-order chi connectivity index (χ0) is 21.5. The van der Waals surface area contributed by atoms with Gasteiger partial charge >= 0.3 is 6.61 Å². The summed E-state index contributed by atoms with van der Waals surface area (Å²) >= 11 is 0. The molecule has 31 heavy (non-hydrogen) atoms. The molecule has 0 spiro atoms. The summed E-state index contributed by atoms with van der Waals surface area (Å²) in [5.74, 6) is 0.225. The van der Waals surface area contributed by atoms with Crippen LogP contribution in [0.3, 0.4) is 0 Å². The van der Waals surface area contributed by atoms with Gasteiger partial charge < -0.3 is 9.64 Å². The molecule has 0 N–H and O–H groups in total. The second-order valence-electron chi connectivity index (χ2n) is 7.68. The van der Waals surface area contributed by atoms with E-state index in [9.17, 15) is 17.6 Å². The van der Waals surface area contributed by atoms with Crippen molar-refractivity contribution in [3.63, 3.8) is 0 Å². The monoisotopic (exact) mass is 433 g/mol. The van der Waals surface area contributed by atoms with E-state index in [0.29, 0.717) is 12.2 Å². The average Bonchev–Trinajstić information content (AvgIpc) is 3.29. The molecular weight excluding hydrogens is 414 g/mol. The first kappa shape index (κ1) is 19.8. The van der Waals surface area contributed by atoms with Crippen LogP contribution in [-0.4, -0.2) is 37.1 Å². The Hall–Kier alpha value is -3.17. The van der Waals surface area contributed by atoms with Crippen LogP contribution in [0, 0.1) is 0 Å². The lowest BCUT2D eigenvalue weighted by atomic mass is 9.86. The number of nitrogens with zero attached hydrogens (tertiary/aromatic N) is 5.